The Kier molecular flexibility index (Phi) is 4.63. The van der Waals surface area contributed by atoms with E-state index < -0.39 is 10.0 Å². The van der Waals surface area contributed by atoms with E-state index in [0.717, 1.165) is 25.7 Å². The Morgan fingerprint density at radius 2 is 2.04 bits per heavy atom. The van der Waals surface area contributed by atoms with E-state index in [-0.39, 0.29) is 28.1 Å². The zero-order valence-corrected chi connectivity index (χ0v) is 15.3. The number of nitrogens with zero attached hydrogens (tertiary/aromatic N) is 3. The van der Waals surface area contributed by atoms with E-state index in [1.807, 2.05) is 19.0 Å². The number of morpholine rings is 1. The topological polar surface area (TPSA) is 102 Å². The van der Waals surface area contributed by atoms with Gasteiger partial charge in [0.2, 0.25) is 0 Å². The van der Waals surface area contributed by atoms with Crippen LogP contribution in [0.3, 0.4) is 0 Å². The third kappa shape index (κ3) is 3.05. The minimum Gasteiger partial charge on any atom is -0.380 e. The third-order valence-corrected chi connectivity index (χ3v) is 6.98. The van der Waals surface area contributed by atoms with Crippen LogP contribution in [0.1, 0.15) is 31.4 Å². The number of sulfonamides is 1. The maximum Gasteiger partial charge on any atom is 0.250 e. The van der Waals surface area contributed by atoms with E-state index in [1.165, 1.54) is 0 Å². The molecule has 0 amide bonds. The van der Waals surface area contributed by atoms with Gasteiger partial charge >= 0.3 is 0 Å². The highest BCUT2D eigenvalue weighted by atomic mass is 32.2. The number of aromatic nitrogens is 1. The van der Waals surface area contributed by atoms with Crippen LogP contribution in [0.15, 0.2) is 9.42 Å². The fraction of sp³-hybridized carbons (Fsp3) is 0.800. The molecule has 24 heavy (non-hydrogen) atoms. The van der Waals surface area contributed by atoms with Gasteiger partial charge in [-0.05, 0) is 33.9 Å². The lowest BCUT2D eigenvalue weighted by Crippen LogP contribution is -2.59. The molecule has 0 radical (unpaired) electrons. The summed E-state index contributed by atoms with van der Waals surface area (Å²) in [5.41, 5.74) is 5.41. The summed E-state index contributed by atoms with van der Waals surface area (Å²) in [5.74, 6) is 0.145. The summed E-state index contributed by atoms with van der Waals surface area (Å²) < 4.78 is 39.3. The van der Waals surface area contributed by atoms with Gasteiger partial charge in [0.15, 0.2) is 16.5 Å². The van der Waals surface area contributed by atoms with Crippen molar-refractivity contribution in [2.45, 2.75) is 49.1 Å². The largest absolute Gasteiger partial charge is 0.380 e. The van der Waals surface area contributed by atoms with Crippen LogP contribution in [0.25, 0.3) is 0 Å². The number of nitrogen functional groups attached to an aromatic ring is 1. The normalized spacial score (nSPS) is 24.9. The predicted molar refractivity (Wildman–Crippen MR) is 89.0 cm³/mol. The molecule has 1 aliphatic heterocycles. The molecule has 2 aliphatic rings. The molecule has 1 unspecified atom stereocenters. The second-order valence-electron chi connectivity index (χ2n) is 7.12. The Hall–Kier alpha value is -1.16. The van der Waals surface area contributed by atoms with Crippen molar-refractivity contribution in [3.63, 3.8) is 0 Å². The predicted octanol–water partition coefficient (Wildman–Crippen LogP) is 0.829. The quantitative estimate of drug-likeness (QED) is 0.850. The van der Waals surface area contributed by atoms with E-state index in [0.29, 0.717) is 19.7 Å². The lowest BCUT2D eigenvalue weighted by atomic mass is 9.99. The summed E-state index contributed by atoms with van der Waals surface area (Å²) in [4.78, 5) is 1.95. The molecule has 2 N–H and O–H groups in total. The van der Waals surface area contributed by atoms with Crippen LogP contribution >= 0.6 is 0 Å². The summed E-state index contributed by atoms with van der Waals surface area (Å²) in [6, 6.07) is -0.259. The second-order valence-corrected chi connectivity index (χ2v) is 8.95. The second kappa shape index (κ2) is 6.29. The van der Waals surface area contributed by atoms with Gasteiger partial charge < -0.3 is 19.9 Å². The molecule has 1 aromatic rings. The molecular weight excluding hydrogens is 332 g/mol. The van der Waals surface area contributed by atoms with Crippen LogP contribution < -0.4 is 5.73 Å². The summed E-state index contributed by atoms with van der Waals surface area (Å²) in [6.45, 7) is 2.90. The molecular formula is C15H26N4O4S. The molecule has 9 heteroatoms. The van der Waals surface area contributed by atoms with Crippen molar-refractivity contribution in [2.24, 2.45) is 0 Å². The van der Waals surface area contributed by atoms with E-state index >= 15 is 0 Å². The molecule has 2 fully saturated rings. The first-order valence-corrected chi connectivity index (χ1v) is 9.71. The molecule has 0 aromatic carbocycles. The standard InChI is InChI=1S/C15H26N4O4S/c1-11-13(14(16)17-23-11)24(20,21)19-10-15(6-4-5-7-15)22-9-12(19)8-18(2)3/h12H,4-10H2,1-3H3,(H2,16,17). The highest BCUT2D eigenvalue weighted by Gasteiger charge is 2.48. The van der Waals surface area contributed by atoms with Gasteiger partial charge in [0.25, 0.3) is 10.0 Å². The molecule has 8 nitrogen and oxygen atoms in total. The first kappa shape index (κ1) is 17.7. The van der Waals surface area contributed by atoms with Gasteiger partial charge in [-0.2, -0.15) is 4.31 Å². The average Bonchev–Trinajstić information content (AvgIpc) is 3.08. The summed E-state index contributed by atoms with van der Waals surface area (Å²) in [6.07, 6.45) is 3.93. The van der Waals surface area contributed by atoms with Gasteiger partial charge in [0.05, 0.1) is 18.2 Å². The van der Waals surface area contributed by atoms with Gasteiger partial charge in [-0.1, -0.05) is 18.0 Å². The van der Waals surface area contributed by atoms with Crippen molar-refractivity contribution in [3.8, 4) is 0 Å². The SMILES string of the molecule is Cc1onc(N)c1S(=O)(=O)N1CC2(CCCC2)OCC1CN(C)C. The Bertz CT molecular complexity index is 675. The number of aryl methyl sites for hydroxylation is 1. The Morgan fingerprint density at radius 1 is 1.38 bits per heavy atom. The van der Waals surface area contributed by atoms with Crippen molar-refractivity contribution in [3.05, 3.63) is 5.76 Å². The summed E-state index contributed by atoms with van der Waals surface area (Å²) in [5, 5.41) is 3.61. The Balaban J connectivity index is 1.98. The Labute approximate surface area is 142 Å². The highest BCUT2D eigenvalue weighted by Crippen LogP contribution is 2.40. The number of hydrogen-bond acceptors (Lipinski definition) is 7. The molecule has 0 bridgehead atoms. The first-order chi connectivity index (χ1) is 11.3. The van der Waals surface area contributed by atoms with Crippen LogP contribution in [-0.4, -0.2) is 68.2 Å². The molecule has 2 heterocycles. The molecule has 1 saturated carbocycles. The smallest absolute Gasteiger partial charge is 0.250 e. The monoisotopic (exact) mass is 358 g/mol. The number of likely N-dealkylation sites (N-methyl/N-ethyl adjacent to an activating group) is 1. The Morgan fingerprint density at radius 3 is 2.58 bits per heavy atom. The number of rotatable bonds is 4. The van der Waals surface area contributed by atoms with Crippen LogP contribution in [0.5, 0.6) is 0 Å². The first-order valence-electron chi connectivity index (χ1n) is 8.27. The fourth-order valence-electron chi connectivity index (χ4n) is 3.80. The fourth-order valence-corrected chi connectivity index (χ4v) is 5.66. The van der Waals surface area contributed by atoms with Crippen LogP contribution in [0.4, 0.5) is 5.82 Å². The van der Waals surface area contributed by atoms with E-state index in [4.69, 9.17) is 15.0 Å². The molecule has 1 saturated heterocycles. The van der Waals surface area contributed by atoms with Crippen LogP contribution in [0.2, 0.25) is 0 Å². The number of ether oxygens (including phenoxy) is 1. The average molecular weight is 358 g/mol. The maximum absolute atomic E-state index is 13.3. The number of nitrogens with two attached hydrogens (primary N) is 1. The van der Waals surface area contributed by atoms with Crippen molar-refractivity contribution in [2.75, 3.05) is 39.5 Å². The lowest BCUT2D eigenvalue weighted by Gasteiger charge is -2.45. The highest BCUT2D eigenvalue weighted by molar-refractivity contribution is 7.89. The summed E-state index contributed by atoms with van der Waals surface area (Å²) >= 11 is 0. The van der Waals surface area contributed by atoms with E-state index in [9.17, 15) is 8.42 Å². The summed E-state index contributed by atoms with van der Waals surface area (Å²) in [7, 11) is 0.0479. The minimum absolute atomic E-state index is 0.0127. The number of hydrogen-bond donors (Lipinski definition) is 1. The van der Waals surface area contributed by atoms with E-state index in [1.54, 1.807) is 11.2 Å². The molecule has 1 aromatic heterocycles. The maximum atomic E-state index is 13.3. The van der Waals surface area contributed by atoms with Crippen LogP contribution in [0, 0.1) is 6.92 Å². The third-order valence-electron chi connectivity index (χ3n) is 4.92. The molecule has 1 spiro atoms. The zero-order chi connectivity index (χ0) is 17.5. The molecule has 136 valence electrons. The van der Waals surface area contributed by atoms with Gasteiger partial charge in [-0.25, -0.2) is 8.42 Å². The van der Waals surface area contributed by atoms with Crippen molar-refractivity contribution >= 4 is 15.8 Å². The van der Waals surface area contributed by atoms with Gasteiger partial charge in [-0.15, -0.1) is 0 Å². The molecule has 1 aliphatic carbocycles. The van der Waals surface area contributed by atoms with Crippen molar-refractivity contribution in [1.82, 2.24) is 14.4 Å². The van der Waals surface area contributed by atoms with E-state index in [2.05, 4.69) is 5.16 Å². The zero-order valence-electron chi connectivity index (χ0n) is 14.5. The van der Waals surface area contributed by atoms with Crippen molar-refractivity contribution in [1.29, 1.82) is 0 Å². The van der Waals surface area contributed by atoms with Gasteiger partial charge in [0.1, 0.15) is 0 Å². The van der Waals surface area contributed by atoms with Crippen molar-refractivity contribution < 1.29 is 17.7 Å². The van der Waals surface area contributed by atoms with Crippen LogP contribution in [-0.2, 0) is 14.8 Å². The number of anilines is 1. The minimum atomic E-state index is -3.79. The molecule has 1 atom stereocenters. The lowest BCUT2D eigenvalue weighted by molar-refractivity contribution is -0.109. The van der Waals surface area contributed by atoms with Gasteiger partial charge in [-0.3, -0.25) is 0 Å². The van der Waals surface area contributed by atoms with Gasteiger partial charge in [0, 0.05) is 13.1 Å². The molecule has 3 rings (SSSR count).